The Morgan fingerprint density at radius 3 is 2.12 bits per heavy atom. The van der Waals surface area contributed by atoms with Crippen molar-refractivity contribution in [2.45, 2.75) is 65.2 Å². The van der Waals surface area contributed by atoms with Crippen LogP contribution in [0, 0.1) is 0 Å². The lowest BCUT2D eigenvalue weighted by Crippen LogP contribution is -2.46. The number of rotatable bonds is 15. The minimum Gasteiger partial charge on any atom is -0.490 e. The number of fused-ring (bicyclic) bond motifs is 1. The second-order valence-electron chi connectivity index (χ2n) is 10.2. The molecule has 0 bridgehead atoms. The first-order valence-corrected chi connectivity index (χ1v) is 14.7. The van der Waals surface area contributed by atoms with Gasteiger partial charge in [0.15, 0.2) is 11.5 Å². The van der Waals surface area contributed by atoms with Crippen molar-refractivity contribution in [2.75, 3.05) is 25.1 Å². The molecule has 3 aromatic rings. The number of aromatic nitrogens is 1. The highest BCUT2D eigenvalue weighted by Crippen LogP contribution is 2.38. The first-order valence-electron chi connectivity index (χ1n) is 14.7. The summed E-state index contributed by atoms with van der Waals surface area (Å²) in [6.45, 7) is 5.82. The number of alkyl halides is 6. The van der Waals surface area contributed by atoms with Crippen LogP contribution in [-0.2, 0) is 32.0 Å². The van der Waals surface area contributed by atoms with Crippen molar-refractivity contribution in [2.24, 2.45) is 5.73 Å². The minimum absolute atomic E-state index is 0.0477. The number of esters is 2. The van der Waals surface area contributed by atoms with Gasteiger partial charge in [0.25, 0.3) is 5.91 Å². The van der Waals surface area contributed by atoms with Crippen LogP contribution >= 0.6 is 0 Å². The summed E-state index contributed by atoms with van der Waals surface area (Å²) in [5, 5.41) is 6.43. The third-order valence-electron chi connectivity index (χ3n) is 6.96. The quantitative estimate of drug-likeness (QED) is 0.138. The van der Waals surface area contributed by atoms with Crippen LogP contribution in [-0.4, -0.2) is 67.1 Å². The molecule has 262 valence electrons. The van der Waals surface area contributed by atoms with E-state index in [-0.39, 0.29) is 12.1 Å². The van der Waals surface area contributed by atoms with E-state index in [1.807, 2.05) is 0 Å². The molecule has 2 atom stereocenters. The summed E-state index contributed by atoms with van der Waals surface area (Å²) in [4.78, 5) is 39.6. The van der Waals surface area contributed by atoms with E-state index in [0.29, 0.717) is 64.5 Å². The number of primary amides is 1. The summed E-state index contributed by atoms with van der Waals surface area (Å²) in [6.07, 6.45) is -10.7. The second kappa shape index (κ2) is 15.9. The Hall–Kier alpha value is -4.80. The molecular formula is C31H34F6N4O7. The molecule has 1 heterocycles. The molecule has 17 heteroatoms. The van der Waals surface area contributed by atoms with E-state index in [1.165, 1.54) is 6.20 Å². The molecule has 0 aliphatic carbocycles. The Bertz CT molecular complexity index is 1630. The van der Waals surface area contributed by atoms with Gasteiger partial charge in [0.05, 0.1) is 36.0 Å². The highest BCUT2D eigenvalue weighted by atomic mass is 19.4. The lowest BCUT2D eigenvalue weighted by molar-refractivity contribution is -0.208. The molecule has 1 aromatic heterocycles. The fourth-order valence-corrected chi connectivity index (χ4v) is 4.69. The number of nitrogens with two attached hydrogens (primary N) is 1. The summed E-state index contributed by atoms with van der Waals surface area (Å²) in [5.74, 6) is -5.09. The number of hydrogen-bond donors (Lipinski definition) is 3. The van der Waals surface area contributed by atoms with Crippen LogP contribution in [0.2, 0.25) is 0 Å². The predicted molar refractivity (Wildman–Crippen MR) is 161 cm³/mol. The van der Waals surface area contributed by atoms with E-state index in [4.69, 9.17) is 15.2 Å². The van der Waals surface area contributed by atoms with Crippen LogP contribution in [0.25, 0.3) is 10.9 Å². The standard InChI is InChI=1S/C31H34F6N4O7/c1-5-18-17(13-39-23(15-47-28(43)30(32,33)34)16(4)48-29(44)31(35,36)37)9-8-10-21(18)41-26-19-11-24(45-6-2)25(46-7-3)12-22(19)40-14-20(26)27(38)42/h8-12,14,16,23,39H,5-7,13,15H2,1-4H3,(H2,38,42)(H,40,41)/t16-,23+/m0/s1. The number of carbonyl (C=O) groups excluding carboxylic acids is 3. The van der Waals surface area contributed by atoms with Crippen LogP contribution in [0.1, 0.15) is 49.2 Å². The molecule has 0 spiro atoms. The summed E-state index contributed by atoms with van der Waals surface area (Å²) < 4.78 is 96.8. The maximum Gasteiger partial charge on any atom is 0.490 e. The van der Waals surface area contributed by atoms with Gasteiger partial charge in [0.1, 0.15) is 12.7 Å². The molecule has 3 rings (SSSR count). The van der Waals surface area contributed by atoms with Crippen molar-refractivity contribution >= 4 is 40.1 Å². The summed E-state index contributed by atoms with van der Waals surface area (Å²) in [7, 11) is 0. The summed E-state index contributed by atoms with van der Waals surface area (Å²) >= 11 is 0. The number of ether oxygens (including phenoxy) is 4. The van der Waals surface area contributed by atoms with Crippen molar-refractivity contribution in [3.63, 3.8) is 0 Å². The highest BCUT2D eigenvalue weighted by Gasteiger charge is 2.44. The number of amides is 1. The zero-order valence-corrected chi connectivity index (χ0v) is 26.3. The van der Waals surface area contributed by atoms with Crippen LogP contribution in [0.3, 0.4) is 0 Å². The van der Waals surface area contributed by atoms with Gasteiger partial charge in [0.2, 0.25) is 0 Å². The predicted octanol–water partition coefficient (Wildman–Crippen LogP) is 5.49. The van der Waals surface area contributed by atoms with Crippen LogP contribution in [0.5, 0.6) is 11.5 Å². The number of nitrogens with zero attached hydrogens (tertiary/aromatic N) is 1. The van der Waals surface area contributed by atoms with Crippen molar-refractivity contribution in [1.82, 2.24) is 10.3 Å². The van der Waals surface area contributed by atoms with E-state index in [1.54, 1.807) is 51.1 Å². The molecule has 0 radical (unpaired) electrons. The van der Waals surface area contributed by atoms with Crippen molar-refractivity contribution < 1.29 is 59.7 Å². The largest absolute Gasteiger partial charge is 0.490 e. The first kappa shape index (κ1) is 37.7. The van der Waals surface area contributed by atoms with Gasteiger partial charge in [-0.05, 0) is 50.5 Å². The van der Waals surface area contributed by atoms with Crippen molar-refractivity contribution in [3.8, 4) is 11.5 Å². The minimum atomic E-state index is -5.37. The van der Waals surface area contributed by atoms with Gasteiger partial charge in [-0.15, -0.1) is 0 Å². The van der Waals surface area contributed by atoms with Crippen LogP contribution in [0.4, 0.5) is 37.7 Å². The Balaban J connectivity index is 2.00. The number of nitrogens with one attached hydrogen (secondary N) is 2. The van der Waals surface area contributed by atoms with Gasteiger partial charge in [-0.2, -0.15) is 26.3 Å². The Kier molecular flexibility index (Phi) is 12.4. The molecule has 0 aliphatic heterocycles. The fraction of sp³-hybridized carbons (Fsp3) is 0.419. The smallest absolute Gasteiger partial charge is 0.490 e. The maximum absolute atomic E-state index is 12.8. The van der Waals surface area contributed by atoms with E-state index in [2.05, 4.69) is 25.1 Å². The average molecular weight is 689 g/mol. The number of anilines is 2. The van der Waals surface area contributed by atoms with E-state index in [9.17, 15) is 40.7 Å². The van der Waals surface area contributed by atoms with Gasteiger partial charge in [0, 0.05) is 29.9 Å². The van der Waals surface area contributed by atoms with Gasteiger partial charge < -0.3 is 35.3 Å². The topological polar surface area (TPSA) is 151 Å². The normalized spacial score (nSPS) is 13.0. The molecular weight excluding hydrogens is 654 g/mol. The van der Waals surface area contributed by atoms with E-state index >= 15 is 0 Å². The lowest BCUT2D eigenvalue weighted by atomic mass is 10.0. The highest BCUT2D eigenvalue weighted by molar-refractivity contribution is 6.08. The molecule has 0 aliphatic rings. The van der Waals surface area contributed by atoms with Crippen molar-refractivity contribution in [1.29, 1.82) is 0 Å². The molecule has 0 unspecified atom stereocenters. The molecule has 0 saturated carbocycles. The number of hydrogen-bond acceptors (Lipinski definition) is 10. The van der Waals surface area contributed by atoms with Gasteiger partial charge in [-0.25, -0.2) is 9.59 Å². The SMILES string of the molecule is CCOc1cc2ncc(C(N)=O)c(Nc3cccc(CN[C@H](COC(=O)C(F)(F)F)[C@H](C)OC(=O)C(F)(F)F)c3CC)c2cc1OCC. The third-order valence-corrected chi connectivity index (χ3v) is 6.96. The molecule has 4 N–H and O–H groups in total. The second-order valence-corrected chi connectivity index (χ2v) is 10.2. The number of benzene rings is 2. The van der Waals surface area contributed by atoms with Crippen LogP contribution in [0.15, 0.2) is 36.5 Å². The zero-order chi connectivity index (χ0) is 35.8. The van der Waals surface area contributed by atoms with Gasteiger partial charge in [-0.3, -0.25) is 9.78 Å². The average Bonchev–Trinajstić information content (AvgIpc) is 3.00. The van der Waals surface area contributed by atoms with Gasteiger partial charge in [-0.1, -0.05) is 19.1 Å². The number of halogens is 6. The maximum atomic E-state index is 12.8. The molecule has 1 amide bonds. The molecule has 2 aromatic carbocycles. The van der Waals surface area contributed by atoms with E-state index < -0.39 is 49.0 Å². The first-order chi connectivity index (χ1) is 22.5. The van der Waals surface area contributed by atoms with Crippen LogP contribution < -0.4 is 25.8 Å². The molecule has 0 saturated heterocycles. The lowest BCUT2D eigenvalue weighted by Gasteiger charge is -2.26. The summed E-state index contributed by atoms with van der Waals surface area (Å²) in [5.41, 5.74) is 8.11. The molecule has 48 heavy (non-hydrogen) atoms. The molecule has 11 nitrogen and oxygen atoms in total. The Morgan fingerprint density at radius 2 is 1.56 bits per heavy atom. The Morgan fingerprint density at radius 1 is 0.938 bits per heavy atom. The van der Waals surface area contributed by atoms with Crippen molar-refractivity contribution in [3.05, 3.63) is 53.2 Å². The third kappa shape index (κ3) is 9.39. The zero-order valence-electron chi connectivity index (χ0n) is 26.3. The van der Waals surface area contributed by atoms with Gasteiger partial charge >= 0.3 is 24.3 Å². The Labute approximate surface area is 271 Å². The fourth-order valence-electron chi connectivity index (χ4n) is 4.69. The summed E-state index contributed by atoms with van der Waals surface area (Å²) in [6, 6.07) is 6.78. The monoisotopic (exact) mass is 688 g/mol. The van der Waals surface area contributed by atoms with E-state index in [0.717, 1.165) is 6.92 Å². The number of pyridine rings is 1. The number of carbonyl (C=O) groups is 3. The molecule has 0 fully saturated rings.